The Labute approximate surface area is 187 Å². The maximum atomic E-state index is 13.3. The Balaban J connectivity index is 2.03. The Morgan fingerprint density at radius 1 is 1.13 bits per heavy atom. The number of benzene rings is 1. The van der Waals surface area contributed by atoms with E-state index in [-0.39, 0.29) is 24.3 Å². The maximum Gasteiger partial charge on any atom is 0.225 e. The molecule has 0 saturated carbocycles. The predicted molar refractivity (Wildman–Crippen MR) is 122 cm³/mol. The molecule has 0 spiro atoms. The van der Waals surface area contributed by atoms with E-state index in [9.17, 15) is 9.59 Å². The molecule has 7 heteroatoms. The summed E-state index contributed by atoms with van der Waals surface area (Å²) in [6, 6.07) is 7.18. The molecular weight excluding hydrogens is 394 g/mol. The monoisotopic (exact) mass is 433 g/mol. The van der Waals surface area contributed by atoms with Gasteiger partial charge in [-0.2, -0.15) is 0 Å². The van der Waals surface area contributed by atoms with Gasteiger partial charge in [0.05, 0.1) is 32.8 Å². The molecule has 7 nitrogen and oxygen atoms in total. The Morgan fingerprint density at radius 2 is 1.84 bits per heavy atom. The van der Waals surface area contributed by atoms with Gasteiger partial charge in [0.2, 0.25) is 11.8 Å². The number of nitrogens with one attached hydrogen (secondary N) is 1. The summed E-state index contributed by atoms with van der Waals surface area (Å²) in [4.78, 5) is 29.4. The topological polar surface area (TPSA) is 71.1 Å². The molecule has 31 heavy (non-hydrogen) atoms. The summed E-state index contributed by atoms with van der Waals surface area (Å²) in [5.41, 5.74) is 0.906. The van der Waals surface area contributed by atoms with Crippen molar-refractivity contribution in [1.29, 1.82) is 0 Å². The first-order valence-corrected chi connectivity index (χ1v) is 11.5. The number of ether oxygens (including phenoxy) is 2. The summed E-state index contributed by atoms with van der Waals surface area (Å²) >= 11 is 0. The first kappa shape index (κ1) is 25.1. The standard InChI is InChI=1S/C24H39N3O4/c1-4-5-6-7-12-27(14-13-26-15-17-31-18-16-26)24(29)19-23(25-20(2)28)21-8-10-22(30-3)11-9-21/h8-11,23H,4-7,12-19H2,1-3H3,(H,25,28). The molecule has 0 radical (unpaired) electrons. The highest BCUT2D eigenvalue weighted by molar-refractivity contribution is 5.79. The number of hydrogen-bond acceptors (Lipinski definition) is 5. The van der Waals surface area contributed by atoms with Crippen LogP contribution in [-0.2, 0) is 14.3 Å². The highest BCUT2D eigenvalue weighted by atomic mass is 16.5. The molecule has 1 aliphatic rings. The quantitative estimate of drug-likeness (QED) is 0.484. The Hall–Kier alpha value is -2.12. The van der Waals surface area contributed by atoms with Gasteiger partial charge in [0.15, 0.2) is 0 Å². The Bertz CT molecular complexity index is 659. The highest BCUT2D eigenvalue weighted by Gasteiger charge is 2.22. The van der Waals surface area contributed by atoms with Gasteiger partial charge in [0.1, 0.15) is 5.75 Å². The Morgan fingerprint density at radius 3 is 2.45 bits per heavy atom. The van der Waals surface area contributed by atoms with Gasteiger partial charge < -0.3 is 19.7 Å². The molecule has 1 heterocycles. The number of amides is 2. The number of morpholine rings is 1. The van der Waals surface area contributed by atoms with Gasteiger partial charge in [0, 0.05) is 39.6 Å². The van der Waals surface area contributed by atoms with Crippen molar-refractivity contribution in [2.75, 3.05) is 53.0 Å². The summed E-state index contributed by atoms with van der Waals surface area (Å²) in [5, 5.41) is 2.95. The SMILES string of the molecule is CCCCCCN(CCN1CCOCC1)C(=O)CC(NC(C)=O)c1ccc(OC)cc1. The molecule has 1 unspecified atom stereocenters. The van der Waals surface area contributed by atoms with Gasteiger partial charge >= 0.3 is 0 Å². The minimum atomic E-state index is -0.350. The lowest BCUT2D eigenvalue weighted by molar-refractivity contribution is -0.132. The van der Waals surface area contributed by atoms with Crippen LogP contribution in [-0.4, -0.2) is 74.7 Å². The van der Waals surface area contributed by atoms with Crippen LogP contribution < -0.4 is 10.1 Å². The zero-order chi connectivity index (χ0) is 22.5. The summed E-state index contributed by atoms with van der Waals surface area (Å²) in [6.45, 7) is 9.35. The fourth-order valence-electron chi connectivity index (χ4n) is 3.82. The van der Waals surface area contributed by atoms with Crippen molar-refractivity contribution in [1.82, 2.24) is 15.1 Å². The van der Waals surface area contributed by atoms with Crippen molar-refractivity contribution in [3.8, 4) is 5.75 Å². The molecule has 2 amide bonds. The lowest BCUT2D eigenvalue weighted by atomic mass is 10.0. The molecular formula is C24H39N3O4. The van der Waals surface area contributed by atoms with Gasteiger partial charge in [-0.1, -0.05) is 38.3 Å². The molecule has 1 atom stereocenters. The van der Waals surface area contributed by atoms with E-state index in [1.54, 1.807) is 7.11 Å². The van der Waals surface area contributed by atoms with Crippen LogP contribution in [0.2, 0.25) is 0 Å². The first-order chi connectivity index (χ1) is 15.0. The predicted octanol–water partition coefficient (Wildman–Crippen LogP) is 3.00. The van der Waals surface area contributed by atoms with E-state index in [0.29, 0.717) is 6.54 Å². The second-order valence-corrected chi connectivity index (χ2v) is 8.13. The molecule has 1 aromatic rings. The van der Waals surface area contributed by atoms with E-state index < -0.39 is 0 Å². The number of carbonyl (C=O) groups is 2. The third-order valence-corrected chi connectivity index (χ3v) is 5.70. The van der Waals surface area contributed by atoms with E-state index >= 15 is 0 Å². The molecule has 1 fully saturated rings. The first-order valence-electron chi connectivity index (χ1n) is 11.5. The van der Waals surface area contributed by atoms with Gasteiger partial charge in [-0.05, 0) is 24.1 Å². The van der Waals surface area contributed by atoms with Crippen LogP contribution in [0.15, 0.2) is 24.3 Å². The van der Waals surface area contributed by atoms with Crippen LogP contribution in [0.1, 0.15) is 57.6 Å². The summed E-state index contributed by atoms with van der Waals surface area (Å²) in [5.74, 6) is 0.690. The number of methoxy groups -OCH3 is 1. The molecule has 0 aromatic heterocycles. The van der Waals surface area contributed by atoms with E-state index in [0.717, 1.165) is 63.5 Å². The third kappa shape index (κ3) is 9.27. The second-order valence-electron chi connectivity index (χ2n) is 8.13. The molecule has 1 N–H and O–H groups in total. The fraction of sp³-hybridized carbons (Fsp3) is 0.667. The largest absolute Gasteiger partial charge is 0.497 e. The zero-order valence-electron chi connectivity index (χ0n) is 19.4. The Kier molecular flexibility index (Phi) is 11.4. The van der Waals surface area contributed by atoms with Gasteiger partial charge in [0.25, 0.3) is 0 Å². The maximum absolute atomic E-state index is 13.3. The minimum Gasteiger partial charge on any atom is -0.497 e. The number of rotatable bonds is 13. The molecule has 2 rings (SSSR count). The summed E-state index contributed by atoms with van der Waals surface area (Å²) in [7, 11) is 1.62. The van der Waals surface area contributed by atoms with Crippen molar-refractivity contribution < 1.29 is 19.1 Å². The average molecular weight is 434 g/mol. The molecule has 1 aromatic carbocycles. The third-order valence-electron chi connectivity index (χ3n) is 5.70. The lowest BCUT2D eigenvalue weighted by Crippen LogP contribution is -2.44. The number of hydrogen-bond donors (Lipinski definition) is 1. The van der Waals surface area contributed by atoms with Crippen LogP contribution in [0.4, 0.5) is 0 Å². The molecule has 174 valence electrons. The molecule has 0 bridgehead atoms. The van der Waals surface area contributed by atoms with Gasteiger partial charge in [-0.25, -0.2) is 0 Å². The molecule has 1 aliphatic heterocycles. The number of unbranched alkanes of at least 4 members (excludes halogenated alkanes) is 3. The van der Waals surface area contributed by atoms with E-state index in [1.165, 1.54) is 19.8 Å². The van der Waals surface area contributed by atoms with Crippen molar-refractivity contribution in [2.45, 2.75) is 52.0 Å². The van der Waals surface area contributed by atoms with Crippen LogP contribution in [0.25, 0.3) is 0 Å². The van der Waals surface area contributed by atoms with Crippen molar-refractivity contribution >= 4 is 11.8 Å². The van der Waals surface area contributed by atoms with Gasteiger partial charge in [-0.15, -0.1) is 0 Å². The van der Waals surface area contributed by atoms with E-state index in [4.69, 9.17) is 9.47 Å². The minimum absolute atomic E-state index is 0.0827. The second kappa shape index (κ2) is 14.0. The van der Waals surface area contributed by atoms with Crippen LogP contribution >= 0.6 is 0 Å². The van der Waals surface area contributed by atoms with Crippen molar-refractivity contribution in [2.24, 2.45) is 0 Å². The van der Waals surface area contributed by atoms with Crippen LogP contribution in [0, 0.1) is 0 Å². The highest BCUT2D eigenvalue weighted by Crippen LogP contribution is 2.21. The average Bonchev–Trinajstić information content (AvgIpc) is 2.78. The summed E-state index contributed by atoms with van der Waals surface area (Å²) < 4.78 is 10.7. The number of nitrogens with zero attached hydrogens (tertiary/aromatic N) is 2. The van der Waals surface area contributed by atoms with E-state index in [1.807, 2.05) is 29.2 Å². The normalized spacial score (nSPS) is 15.3. The van der Waals surface area contributed by atoms with Crippen molar-refractivity contribution in [3.63, 3.8) is 0 Å². The number of carbonyl (C=O) groups excluding carboxylic acids is 2. The van der Waals surface area contributed by atoms with E-state index in [2.05, 4.69) is 17.1 Å². The lowest BCUT2D eigenvalue weighted by Gasteiger charge is -2.31. The van der Waals surface area contributed by atoms with Gasteiger partial charge in [-0.3, -0.25) is 14.5 Å². The molecule has 0 aliphatic carbocycles. The smallest absolute Gasteiger partial charge is 0.225 e. The fourth-order valence-corrected chi connectivity index (χ4v) is 3.82. The molecule has 1 saturated heterocycles. The van der Waals surface area contributed by atoms with Crippen LogP contribution in [0.3, 0.4) is 0 Å². The zero-order valence-corrected chi connectivity index (χ0v) is 19.4. The van der Waals surface area contributed by atoms with Crippen LogP contribution in [0.5, 0.6) is 5.75 Å². The summed E-state index contributed by atoms with van der Waals surface area (Å²) in [6.07, 6.45) is 4.75. The van der Waals surface area contributed by atoms with Crippen molar-refractivity contribution in [3.05, 3.63) is 29.8 Å².